The van der Waals surface area contributed by atoms with Gasteiger partial charge in [-0.05, 0) is 17.4 Å². The molecule has 11 heteroatoms. The van der Waals surface area contributed by atoms with Crippen LogP contribution in [-0.4, -0.2) is 40.0 Å². The van der Waals surface area contributed by atoms with Gasteiger partial charge >= 0.3 is 5.69 Å². The van der Waals surface area contributed by atoms with E-state index >= 15 is 0 Å². The molecule has 10 nitrogen and oxygen atoms in total. The number of aromatic nitrogens is 4. The molecule has 3 aromatic rings. The molecule has 0 radical (unpaired) electrons. The Morgan fingerprint density at radius 3 is 2.83 bits per heavy atom. The monoisotopic (exact) mass is 420 g/mol. The first kappa shape index (κ1) is 20.8. The van der Waals surface area contributed by atoms with E-state index in [1.807, 2.05) is 31.4 Å². The Morgan fingerprint density at radius 1 is 1.38 bits per heavy atom. The zero-order valence-electron chi connectivity index (χ0n) is 16.5. The Balaban J connectivity index is 1.97. The van der Waals surface area contributed by atoms with Crippen molar-refractivity contribution in [1.82, 2.24) is 19.7 Å². The first-order chi connectivity index (χ1) is 13.9. The third-order valence-corrected chi connectivity index (χ3v) is 5.03. The van der Waals surface area contributed by atoms with Crippen molar-refractivity contribution in [2.24, 2.45) is 5.92 Å². The van der Waals surface area contributed by atoms with Crippen LogP contribution in [0.25, 0.3) is 10.8 Å². The zero-order chi connectivity index (χ0) is 21.0. The van der Waals surface area contributed by atoms with E-state index in [9.17, 15) is 9.59 Å². The maximum Gasteiger partial charge on any atom is 0.330 e. The molecule has 0 bridgehead atoms. The van der Waals surface area contributed by atoms with E-state index in [0.717, 1.165) is 4.88 Å². The smallest absolute Gasteiger partial charge is 0.330 e. The van der Waals surface area contributed by atoms with Gasteiger partial charge in [0.05, 0.1) is 18.0 Å². The predicted octanol–water partition coefficient (Wildman–Crippen LogP) is 1.54. The maximum absolute atomic E-state index is 12.6. The van der Waals surface area contributed by atoms with Crippen LogP contribution in [0, 0.1) is 5.92 Å². The van der Waals surface area contributed by atoms with Crippen molar-refractivity contribution in [2.45, 2.75) is 26.9 Å². The van der Waals surface area contributed by atoms with Crippen molar-refractivity contribution in [3.05, 3.63) is 44.2 Å². The summed E-state index contributed by atoms with van der Waals surface area (Å²) in [6.45, 7) is 5.15. The predicted molar refractivity (Wildman–Crippen MR) is 111 cm³/mol. The Labute approximate surface area is 170 Å². The quantitative estimate of drug-likeness (QED) is 0.533. The molecule has 0 aromatic carbocycles. The summed E-state index contributed by atoms with van der Waals surface area (Å²) in [5.74, 6) is 1.00. The highest BCUT2D eigenvalue weighted by atomic mass is 32.1. The number of rotatable bonds is 9. The molecule has 0 spiro atoms. The van der Waals surface area contributed by atoms with Crippen molar-refractivity contribution < 1.29 is 9.15 Å². The molecular weight excluding hydrogens is 396 g/mol. The second-order valence-corrected chi connectivity index (χ2v) is 7.84. The summed E-state index contributed by atoms with van der Waals surface area (Å²) < 4.78 is 12.3. The van der Waals surface area contributed by atoms with Gasteiger partial charge in [-0.15, -0.1) is 21.5 Å². The number of nitrogens with zero attached hydrogens (tertiary/aromatic N) is 4. The van der Waals surface area contributed by atoms with E-state index in [4.69, 9.17) is 14.9 Å². The van der Waals surface area contributed by atoms with Crippen molar-refractivity contribution in [1.29, 1.82) is 0 Å². The van der Waals surface area contributed by atoms with Gasteiger partial charge in [0.2, 0.25) is 5.89 Å². The normalized spacial score (nSPS) is 11.3. The minimum Gasteiger partial charge on any atom is -0.418 e. The molecule has 0 saturated carbocycles. The SMILES string of the molecule is COCCN(Cc1nnc(-c2cccs2)o1)c1c(N)n(CC(C)C)c(=O)[nH]c1=O. The number of H-pyrrole nitrogens is 1. The lowest BCUT2D eigenvalue weighted by atomic mass is 10.2. The summed E-state index contributed by atoms with van der Waals surface area (Å²) >= 11 is 1.49. The molecule has 0 atom stereocenters. The van der Waals surface area contributed by atoms with E-state index in [0.29, 0.717) is 31.5 Å². The fourth-order valence-electron chi connectivity index (χ4n) is 2.88. The van der Waals surface area contributed by atoms with Gasteiger partial charge in [0.15, 0.2) is 0 Å². The molecule has 0 aliphatic rings. The highest BCUT2D eigenvalue weighted by Gasteiger charge is 2.22. The van der Waals surface area contributed by atoms with Crippen molar-refractivity contribution >= 4 is 22.8 Å². The summed E-state index contributed by atoms with van der Waals surface area (Å²) in [6, 6.07) is 3.78. The van der Waals surface area contributed by atoms with Gasteiger partial charge in [-0.2, -0.15) is 0 Å². The van der Waals surface area contributed by atoms with Gasteiger partial charge in [0.1, 0.15) is 11.5 Å². The summed E-state index contributed by atoms with van der Waals surface area (Å²) in [7, 11) is 1.56. The molecule has 0 unspecified atom stereocenters. The van der Waals surface area contributed by atoms with Gasteiger partial charge in [0, 0.05) is 20.2 Å². The molecule has 29 heavy (non-hydrogen) atoms. The number of hydrogen-bond donors (Lipinski definition) is 2. The van der Waals surface area contributed by atoms with Gasteiger partial charge in [-0.1, -0.05) is 19.9 Å². The van der Waals surface area contributed by atoms with Crippen LogP contribution >= 0.6 is 11.3 Å². The molecule has 156 valence electrons. The van der Waals surface area contributed by atoms with E-state index < -0.39 is 11.2 Å². The van der Waals surface area contributed by atoms with Crippen LogP contribution in [0.4, 0.5) is 11.5 Å². The summed E-state index contributed by atoms with van der Waals surface area (Å²) in [4.78, 5) is 29.7. The van der Waals surface area contributed by atoms with Crippen LogP contribution in [0.5, 0.6) is 0 Å². The summed E-state index contributed by atoms with van der Waals surface area (Å²) in [6.07, 6.45) is 0. The maximum atomic E-state index is 12.6. The molecule has 3 aromatic heterocycles. The molecule has 0 saturated heterocycles. The zero-order valence-corrected chi connectivity index (χ0v) is 17.4. The second kappa shape index (κ2) is 9.05. The van der Waals surface area contributed by atoms with Crippen molar-refractivity contribution in [2.75, 3.05) is 30.9 Å². The lowest BCUT2D eigenvalue weighted by molar-refractivity contribution is 0.204. The first-order valence-corrected chi connectivity index (χ1v) is 10.0. The average molecular weight is 420 g/mol. The second-order valence-electron chi connectivity index (χ2n) is 6.89. The Hall–Kier alpha value is -2.92. The summed E-state index contributed by atoms with van der Waals surface area (Å²) in [5, 5.41) is 10.1. The summed E-state index contributed by atoms with van der Waals surface area (Å²) in [5.41, 5.74) is 5.32. The van der Waals surface area contributed by atoms with Crippen LogP contribution in [0.2, 0.25) is 0 Å². The number of methoxy groups -OCH3 is 1. The number of ether oxygens (including phenoxy) is 1. The molecule has 3 rings (SSSR count). The molecule has 0 aliphatic carbocycles. The molecule has 3 heterocycles. The third kappa shape index (κ3) is 4.74. The Kier molecular flexibility index (Phi) is 6.49. The van der Waals surface area contributed by atoms with Gasteiger partial charge in [-0.3, -0.25) is 14.3 Å². The average Bonchev–Trinajstić information content (AvgIpc) is 3.34. The third-order valence-electron chi connectivity index (χ3n) is 4.17. The van der Waals surface area contributed by atoms with Gasteiger partial charge in [0.25, 0.3) is 11.4 Å². The van der Waals surface area contributed by atoms with Crippen molar-refractivity contribution in [3.8, 4) is 10.8 Å². The number of anilines is 2. The fraction of sp³-hybridized carbons (Fsp3) is 0.444. The van der Waals surface area contributed by atoms with Crippen LogP contribution in [0.1, 0.15) is 19.7 Å². The number of nitrogen functional groups attached to an aromatic ring is 1. The number of aromatic amines is 1. The lowest BCUT2D eigenvalue weighted by Gasteiger charge is -2.25. The number of nitrogens with two attached hydrogens (primary N) is 1. The molecule has 0 fully saturated rings. The largest absolute Gasteiger partial charge is 0.418 e. The fourth-order valence-corrected chi connectivity index (χ4v) is 3.53. The van der Waals surface area contributed by atoms with Crippen LogP contribution in [0.3, 0.4) is 0 Å². The molecule has 0 aliphatic heterocycles. The van der Waals surface area contributed by atoms with Crippen LogP contribution in [-0.2, 0) is 17.8 Å². The van der Waals surface area contributed by atoms with Gasteiger partial charge in [-0.25, -0.2) is 4.79 Å². The minimum absolute atomic E-state index is 0.0987. The van der Waals surface area contributed by atoms with E-state index in [1.165, 1.54) is 15.9 Å². The highest BCUT2D eigenvalue weighted by Crippen LogP contribution is 2.25. The van der Waals surface area contributed by atoms with Crippen molar-refractivity contribution in [3.63, 3.8) is 0 Å². The topological polar surface area (TPSA) is 132 Å². The van der Waals surface area contributed by atoms with Crippen LogP contribution < -0.4 is 21.9 Å². The minimum atomic E-state index is -0.568. The standard InChI is InChI=1S/C18H24N6O4S/c1-11(2)9-24-15(19)14(16(25)20-18(24)26)23(6-7-27-3)10-13-21-22-17(28-13)12-5-4-8-29-12/h4-5,8,11H,6-7,9-10,19H2,1-3H3,(H,20,25,26). The molecule has 3 N–H and O–H groups in total. The number of hydrogen-bond acceptors (Lipinski definition) is 9. The lowest BCUT2D eigenvalue weighted by Crippen LogP contribution is -2.40. The van der Waals surface area contributed by atoms with Crippen LogP contribution in [0.15, 0.2) is 31.5 Å². The molecular formula is C18H24N6O4S. The molecule has 0 amide bonds. The Bertz CT molecular complexity index is 1050. The van der Waals surface area contributed by atoms with E-state index in [1.54, 1.807) is 12.0 Å². The number of nitrogens with one attached hydrogen (secondary N) is 1. The van der Waals surface area contributed by atoms with E-state index in [-0.39, 0.29) is 24.0 Å². The number of thiophene rings is 1. The van der Waals surface area contributed by atoms with E-state index in [2.05, 4.69) is 15.2 Å². The van der Waals surface area contributed by atoms with Gasteiger partial charge < -0.3 is 19.8 Å². The highest BCUT2D eigenvalue weighted by molar-refractivity contribution is 7.13. The first-order valence-electron chi connectivity index (χ1n) is 9.13. The Morgan fingerprint density at radius 2 is 2.17 bits per heavy atom.